The van der Waals surface area contributed by atoms with Crippen molar-refractivity contribution < 1.29 is 15.3 Å². The molecule has 0 heterocycles. The average Bonchev–Trinajstić information content (AvgIpc) is 2.37. The van der Waals surface area contributed by atoms with E-state index in [9.17, 15) is 15.3 Å². The number of hydrogen-bond acceptors (Lipinski definition) is 3. The highest BCUT2D eigenvalue weighted by atomic mass is 16.3. The molecule has 104 valence electrons. The topological polar surface area (TPSA) is 60.7 Å². The van der Waals surface area contributed by atoms with Gasteiger partial charge in [-0.05, 0) is 56.9 Å². The van der Waals surface area contributed by atoms with Crippen LogP contribution in [0.4, 0.5) is 0 Å². The lowest BCUT2D eigenvalue weighted by Gasteiger charge is -2.05. The van der Waals surface area contributed by atoms with Crippen LogP contribution in [0.3, 0.4) is 0 Å². The second-order valence-electron chi connectivity index (χ2n) is 4.86. The standard InChI is InChI=1S/C16H22O3/c1-12(2)4-3-5-13(11-17)6-7-14-10-15(18)8-9-16(14)19/h4,6,8-10,17-19H,3,5,7,11H2,1-2H3/b13-6-. The molecule has 0 bridgehead atoms. The fourth-order valence-corrected chi connectivity index (χ4v) is 1.78. The zero-order chi connectivity index (χ0) is 14.3. The van der Waals surface area contributed by atoms with E-state index >= 15 is 0 Å². The van der Waals surface area contributed by atoms with Crippen LogP contribution in [0.25, 0.3) is 0 Å². The van der Waals surface area contributed by atoms with Crippen LogP contribution in [0.5, 0.6) is 11.5 Å². The van der Waals surface area contributed by atoms with Gasteiger partial charge in [0, 0.05) is 5.56 Å². The summed E-state index contributed by atoms with van der Waals surface area (Å²) in [5, 5.41) is 28.3. The molecule has 19 heavy (non-hydrogen) atoms. The molecule has 0 aliphatic heterocycles. The largest absolute Gasteiger partial charge is 0.508 e. The summed E-state index contributed by atoms with van der Waals surface area (Å²) in [5.41, 5.74) is 2.87. The highest BCUT2D eigenvalue weighted by molar-refractivity contribution is 5.40. The van der Waals surface area contributed by atoms with Crippen molar-refractivity contribution in [3.05, 3.63) is 47.1 Å². The lowest BCUT2D eigenvalue weighted by Crippen LogP contribution is -1.93. The van der Waals surface area contributed by atoms with E-state index in [2.05, 4.69) is 6.08 Å². The molecule has 0 spiro atoms. The molecule has 0 atom stereocenters. The number of aliphatic hydroxyl groups is 1. The first-order chi connectivity index (χ1) is 9.02. The first kappa shape index (κ1) is 15.3. The van der Waals surface area contributed by atoms with Crippen LogP contribution in [0, 0.1) is 0 Å². The number of benzene rings is 1. The molecule has 0 amide bonds. The zero-order valence-corrected chi connectivity index (χ0v) is 11.6. The third-order valence-corrected chi connectivity index (χ3v) is 2.89. The molecule has 0 fully saturated rings. The molecule has 3 heteroatoms. The molecule has 0 aliphatic carbocycles. The second kappa shape index (κ2) is 7.64. The van der Waals surface area contributed by atoms with Gasteiger partial charge in [0.2, 0.25) is 0 Å². The first-order valence-electron chi connectivity index (χ1n) is 6.46. The minimum atomic E-state index is 0.0240. The molecule has 0 aliphatic rings. The van der Waals surface area contributed by atoms with E-state index in [1.807, 2.05) is 19.9 Å². The van der Waals surface area contributed by atoms with Gasteiger partial charge in [0.1, 0.15) is 11.5 Å². The van der Waals surface area contributed by atoms with Gasteiger partial charge in [-0.2, -0.15) is 0 Å². The zero-order valence-electron chi connectivity index (χ0n) is 11.6. The Morgan fingerprint density at radius 1 is 1.16 bits per heavy atom. The Labute approximate surface area is 114 Å². The van der Waals surface area contributed by atoms with Gasteiger partial charge < -0.3 is 15.3 Å². The Kier molecular flexibility index (Phi) is 6.16. The number of hydrogen-bond donors (Lipinski definition) is 3. The van der Waals surface area contributed by atoms with Gasteiger partial charge in [0.05, 0.1) is 6.61 Å². The number of aliphatic hydroxyl groups excluding tert-OH is 1. The van der Waals surface area contributed by atoms with Crippen LogP contribution in [0.2, 0.25) is 0 Å². The predicted molar refractivity (Wildman–Crippen MR) is 77.3 cm³/mol. The summed E-state index contributed by atoms with van der Waals surface area (Å²) in [6.45, 7) is 4.12. The van der Waals surface area contributed by atoms with Crippen molar-refractivity contribution >= 4 is 0 Å². The van der Waals surface area contributed by atoms with Gasteiger partial charge in [-0.3, -0.25) is 0 Å². The molecule has 1 aromatic carbocycles. The van der Waals surface area contributed by atoms with Gasteiger partial charge in [0.25, 0.3) is 0 Å². The third-order valence-electron chi connectivity index (χ3n) is 2.89. The highest BCUT2D eigenvalue weighted by Crippen LogP contribution is 2.23. The maximum atomic E-state index is 9.66. The maximum absolute atomic E-state index is 9.66. The number of phenolic OH excluding ortho intramolecular Hbond substituents is 2. The Balaban J connectivity index is 2.66. The van der Waals surface area contributed by atoms with E-state index in [1.54, 1.807) is 0 Å². The second-order valence-corrected chi connectivity index (χ2v) is 4.86. The van der Waals surface area contributed by atoms with E-state index in [-0.39, 0.29) is 18.1 Å². The summed E-state index contributed by atoms with van der Waals surface area (Å²) in [5.74, 6) is 0.298. The predicted octanol–water partition coefficient (Wildman–Crippen LogP) is 3.31. The smallest absolute Gasteiger partial charge is 0.119 e. The summed E-state index contributed by atoms with van der Waals surface area (Å²) >= 11 is 0. The molecule has 1 rings (SSSR count). The van der Waals surface area contributed by atoms with Crippen molar-refractivity contribution in [3.63, 3.8) is 0 Å². The summed E-state index contributed by atoms with van der Waals surface area (Å²) in [6.07, 6.45) is 6.26. The van der Waals surface area contributed by atoms with Crippen LogP contribution in [-0.2, 0) is 6.42 Å². The van der Waals surface area contributed by atoms with E-state index < -0.39 is 0 Å². The monoisotopic (exact) mass is 262 g/mol. The van der Waals surface area contributed by atoms with Crippen molar-refractivity contribution in [3.8, 4) is 11.5 Å². The van der Waals surface area contributed by atoms with Crippen molar-refractivity contribution in [2.75, 3.05) is 6.61 Å². The van der Waals surface area contributed by atoms with Crippen LogP contribution in [-0.4, -0.2) is 21.9 Å². The Morgan fingerprint density at radius 2 is 1.89 bits per heavy atom. The van der Waals surface area contributed by atoms with Crippen LogP contribution < -0.4 is 0 Å². The van der Waals surface area contributed by atoms with Crippen LogP contribution >= 0.6 is 0 Å². The molecule has 0 aromatic heterocycles. The van der Waals surface area contributed by atoms with Gasteiger partial charge in [-0.15, -0.1) is 0 Å². The van der Waals surface area contributed by atoms with Crippen LogP contribution in [0.15, 0.2) is 41.5 Å². The quantitative estimate of drug-likeness (QED) is 0.544. The Bertz CT molecular complexity index is 469. The molecule has 0 radical (unpaired) electrons. The van der Waals surface area contributed by atoms with Crippen molar-refractivity contribution in [1.29, 1.82) is 0 Å². The molecule has 3 N–H and O–H groups in total. The molecule has 0 saturated heterocycles. The van der Waals surface area contributed by atoms with Crippen molar-refractivity contribution in [1.82, 2.24) is 0 Å². The normalized spacial score (nSPS) is 11.4. The van der Waals surface area contributed by atoms with Crippen LogP contribution in [0.1, 0.15) is 32.3 Å². The summed E-state index contributed by atoms with van der Waals surface area (Å²) in [6, 6.07) is 4.46. The molecular weight excluding hydrogens is 240 g/mol. The minimum absolute atomic E-state index is 0.0240. The molecule has 3 nitrogen and oxygen atoms in total. The fraction of sp³-hybridized carbons (Fsp3) is 0.375. The average molecular weight is 262 g/mol. The van der Waals surface area contributed by atoms with Gasteiger partial charge >= 0.3 is 0 Å². The van der Waals surface area contributed by atoms with E-state index in [0.29, 0.717) is 12.0 Å². The highest BCUT2D eigenvalue weighted by Gasteiger charge is 2.02. The number of phenols is 2. The summed E-state index contributed by atoms with van der Waals surface area (Å²) < 4.78 is 0. The lowest BCUT2D eigenvalue weighted by molar-refractivity contribution is 0.326. The van der Waals surface area contributed by atoms with Gasteiger partial charge in [-0.25, -0.2) is 0 Å². The van der Waals surface area contributed by atoms with Crippen molar-refractivity contribution in [2.45, 2.75) is 33.1 Å². The van der Waals surface area contributed by atoms with E-state index in [0.717, 1.165) is 18.4 Å². The van der Waals surface area contributed by atoms with Gasteiger partial charge in [-0.1, -0.05) is 17.7 Å². The number of rotatable bonds is 6. The third kappa shape index (κ3) is 5.62. The Morgan fingerprint density at radius 3 is 2.53 bits per heavy atom. The molecule has 0 saturated carbocycles. The minimum Gasteiger partial charge on any atom is -0.508 e. The van der Waals surface area contributed by atoms with E-state index in [4.69, 9.17) is 0 Å². The Hall–Kier alpha value is -1.74. The number of aromatic hydroxyl groups is 2. The summed E-state index contributed by atoms with van der Waals surface area (Å²) in [4.78, 5) is 0. The molecular formula is C16H22O3. The lowest BCUT2D eigenvalue weighted by atomic mass is 10.0. The SMILES string of the molecule is CC(C)=CCC/C(=C/Cc1cc(O)ccc1O)CO. The number of allylic oxidation sites excluding steroid dienone is 3. The first-order valence-corrected chi connectivity index (χ1v) is 6.46. The summed E-state index contributed by atoms with van der Waals surface area (Å²) in [7, 11) is 0. The van der Waals surface area contributed by atoms with Crippen molar-refractivity contribution in [2.24, 2.45) is 0 Å². The maximum Gasteiger partial charge on any atom is 0.119 e. The van der Waals surface area contributed by atoms with Gasteiger partial charge in [0.15, 0.2) is 0 Å². The molecule has 1 aromatic rings. The molecule has 0 unspecified atom stereocenters. The fourth-order valence-electron chi connectivity index (χ4n) is 1.78. The van der Waals surface area contributed by atoms with E-state index in [1.165, 1.54) is 23.8 Å².